The smallest absolute Gasteiger partial charge is 0.321 e. The molecule has 0 unspecified atom stereocenters. The van der Waals surface area contributed by atoms with E-state index in [0.717, 1.165) is 0 Å². The van der Waals surface area contributed by atoms with Crippen molar-refractivity contribution in [2.24, 2.45) is 5.73 Å². The van der Waals surface area contributed by atoms with Crippen molar-refractivity contribution in [3.63, 3.8) is 0 Å². The third-order valence-electron chi connectivity index (χ3n) is 2.65. The number of halogens is 2. The van der Waals surface area contributed by atoms with Crippen LogP contribution < -0.4 is 5.73 Å². The maximum atomic E-state index is 13.2. The Morgan fingerprint density at radius 2 is 2.22 bits per heavy atom. The number of carboxylic acids is 1. The van der Waals surface area contributed by atoms with E-state index in [9.17, 15) is 9.18 Å². The van der Waals surface area contributed by atoms with E-state index < -0.39 is 22.6 Å². The Morgan fingerprint density at radius 1 is 1.61 bits per heavy atom. The predicted octanol–water partition coefficient (Wildman–Crippen LogP) is 2.90. The highest BCUT2D eigenvalue weighted by atomic mass is 35.5. The van der Waals surface area contributed by atoms with Crippen LogP contribution in [0.5, 0.6) is 0 Å². The van der Waals surface area contributed by atoms with E-state index in [0.29, 0.717) is 11.3 Å². The molecule has 0 saturated heterocycles. The molecule has 0 radical (unpaired) electrons. The fraction of sp³-hybridized carbons (Fsp3) is 0.417. The molecule has 1 atom stereocenters. The van der Waals surface area contributed by atoms with Gasteiger partial charge in [0, 0.05) is 10.5 Å². The second-order valence-corrected chi connectivity index (χ2v) is 6.43. The molecule has 1 aromatic rings. The standard InChI is InChI=1S/C12H15ClFNO2S/c1-12(2,10(15)11(16)17)18-6-7-4-3-5-8(14)9(7)13/h3-5,10H,6,15H2,1-2H3,(H,16,17)/t10-/m1/s1. The summed E-state index contributed by atoms with van der Waals surface area (Å²) in [6.07, 6.45) is 0. The van der Waals surface area contributed by atoms with Crippen LogP contribution in [0.25, 0.3) is 0 Å². The summed E-state index contributed by atoms with van der Waals surface area (Å²) in [4.78, 5) is 10.9. The SMILES string of the molecule is CC(C)(SCc1cccc(F)c1Cl)[C@H](N)C(=O)O. The van der Waals surface area contributed by atoms with Gasteiger partial charge in [0.15, 0.2) is 0 Å². The lowest BCUT2D eigenvalue weighted by Crippen LogP contribution is -2.46. The molecule has 0 aromatic heterocycles. The van der Waals surface area contributed by atoms with E-state index in [1.54, 1.807) is 26.0 Å². The van der Waals surface area contributed by atoms with Gasteiger partial charge in [-0.15, -0.1) is 11.8 Å². The van der Waals surface area contributed by atoms with Crippen LogP contribution in [0.15, 0.2) is 18.2 Å². The molecule has 0 saturated carbocycles. The minimum Gasteiger partial charge on any atom is -0.480 e. The zero-order valence-electron chi connectivity index (χ0n) is 10.1. The first-order valence-corrected chi connectivity index (χ1v) is 6.67. The van der Waals surface area contributed by atoms with Gasteiger partial charge in [0.05, 0.1) is 5.02 Å². The molecule has 0 aliphatic heterocycles. The molecular formula is C12H15ClFNO2S. The number of carbonyl (C=O) groups is 1. The van der Waals surface area contributed by atoms with Gasteiger partial charge in [-0.1, -0.05) is 23.7 Å². The second kappa shape index (κ2) is 5.91. The molecule has 1 aromatic carbocycles. The summed E-state index contributed by atoms with van der Waals surface area (Å²) >= 11 is 7.16. The first-order chi connectivity index (χ1) is 8.25. The number of nitrogens with two attached hydrogens (primary N) is 1. The summed E-state index contributed by atoms with van der Waals surface area (Å²) < 4.78 is 12.6. The van der Waals surface area contributed by atoms with Gasteiger partial charge >= 0.3 is 5.97 Å². The van der Waals surface area contributed by atoms with Crippen LogP contribution >= 0.6 is 23.4 Å². The Balaban J connectivity index is 2.76. The fourth-order valence-corrected chi connectivity index (χ4v) is 2.63. The molecule has 0 aliphatic rings. The highest BCUT2D eigenvalue weighted by molar-refractivity contribution is 7.99. The van der Waals surface area contributed by atoms with Gasteiger partial charge in [-0.05, 0) is 25.5 Å². The first-order valence-electron chi connectivity index (χ1n) is 5.31. The lowest BCUT2D eigenvalue weighted by Gasteiger charge is -2.28. The lowest BCUT2D eigenvalue weighted by molar-refractivity contribution is -0.139. The minimum absolute atomic E-state index is 0.0738. The molecule has 0 heterocycles. The van der Waals surface area contributed by atoms with Crippen molar-refractivity contribution >= 4 is 29.3 Å². The molecule has 100 valence electrons. The Kier molecular flexibility index (Phi) is 5.01. The summed E-state index contributed by atoms with van der Waals surface area (Å²) in [7, 11) is 0. The molecule has 18 heavy (non-hydrogen) atoms. The zero-order chi connectivity index (χ0) is 13.9. The summed E-state index contributed by atoms with van der Waals surface area (Å²) in [6.45, 7) is 3.48. The first kappa shape index (κ1) is 15.3. The van der Waals surface area contributed by atoms with E-state index in [-0.39, 0.29) is 5.02 Å². The van der Waals surface area contributed by atoms with Crippen LogP contribution in [0, 0.1) is 5.82 Å². The van der Waals surface area contributed by atoms with Crippen molar-refractivity contribution in [1.29, 1.82) is 0 Å². The van der Waals surface area contributed by atoms with Crippen molar-refractivity contribution < 1.29 is 14.3 Å². The molecule has 3 N–H and O–H groups in total. The molecule has 0 amide bonds. The van der Waals surface area contributed by atoms with E-state index in [1.165, 1.54) is 17.8 Å². The molecule has 1 rings (SSSR count). The van der Waals surface area contributed by atoms with Crippen LogP contribution in [0.4, 0.5) is 4.39 Å². The Hall–Kier alpha value is -0.780. The number of benzene rings is 1. The largest absolute Gasteiger partial charge is 0.480 e. The quantitative estimate of drug-likeness (QED) is 0.875. The normalized spacial score (nSPS) is 13.4. The highest BCUT2D eigenvalue weighted by Crippen LogP contribution is 2.33. The third kappa shape index (κ3) is 3.60. The van der Waals surface area contributed by atoms with Crippen molar-refractivity contribution in [3.8, 4) is 0 Å². The van der Waals surface area contributed by atoms with Gasteiger partial charge in [0.2, 0.25) is 0 Å². The Morgan fingerprint density at radius 3 is 2.78 bits per heavy atom. The molecular weight excluding hydrogens is 277 g/mol. The molecule has 3 nitrogen and oxygen atoms in total. The predicted molar refractivity (Wildman–Crippen MR) is 72.4 cm³/mol. The van der Waals surface area contributed by atoms with E-state index in [4.69, 9.17) is 22.4 Å². The summed E-state index contributed by atoms with van der Waals surface area (Å²) in [5, 5.41) is 8.96. The summed E-state index contributed by atoms with van der Waals surface area (Å²) in [5.74, 6) is -1.13. The van der Waals surface area contributed by atoms with Gasteiger partial charge in [0.1, 0.15) is 11.9 Å². The van der Waals surface area contributed by atoms with Gasteiger partial charge < -0.3 is 10.8 Å². The zero-order valence-corrected chi connectivity index (χ0v) is 11.7. The van der Waals surface area contributed by atoms with Crippen LogP contribution in [-0.2, 0) is 10.5 Å². The van der Waals surface area contributed by atoms with Crippen LogP contribution in [0.2, 0.25) is 5.02 Å². The number of hydrogen-bond donors (Lipinski definition) is 2. The maximum absolute atomic E-state index is 13.2. The van der Waals surface area contributed by atoms with Crippen LogP contribution in [0.1, 0.15) is 19.4 Å². The van der Waals surface area contributed by atoms with Crippen LogP contribution in [0.3, 0.4) is 0 Å². The number of thioether (sulfide) groups is 1. The molecule has 0 fully saturated rings. The van der Waals surface area contributed by atoms with Crippen molar-refractivity contribution in [1.82, 2.24) is 0 Å². The summed E-state index contributed by atoms with van der Waals surface area (Å²) in [6, 6.07) is 3.57. The average Bonchev–Trinajstić information content (AvgIpc) is 2.30. The van der Waals surface area contributed by atoms with E-state index in [1.807, 2.05) is 0 Å². The van der Waals surface area contributed by atoms with E-state index in [2.05, 4.69) is 0 Å². The molecule has 0 bridgehead atoms. The minimum atomic E-state index is -1.06. The summed E-state index contributed by atoms with van der Waals surface area (Å²) in [5.41, 5.74) is 6.23. The maximum Gasteiger partial charge on any atom is 0.321 e. The molecule has 0 spiro atoms. The van der Waals surface area contributed by atoms with Crippen LogP contribution in [-0.4, -0.2) is 21.9 Å². The topological polar surface area (TPSA) is 63.3 Å². The fourth-order valence-electron chi connectivity index (χ4n) is 1.31. The number of carboxylic acid groups (broad SMARTS) is 1. The second-order valence-electron chi connectivity index (χ2n) is 4.42. The van der Waals surface area contributed by atoms with Gasteiger partial charge in [-0.3, -0.25) is 4.79 Å². The monoisotopic (exact) mass is 291 g/mol. The number of rotatable bonds is 5. The van der Waals surface area contributed by atoms with E-state index >= 15 is 0 Å². The highest BCUT2D eigenvalue weighted by Gasteiger charge is 2.32. The Labute approximate surface area is 115 Å². The van der Waals surface area contributed by atoms with Gasteiger partial charge in [-0.2, -0.15) is 0 Å². The molecule has 0 aliphatic carbocycles. The van der Waals surface area contributed by atoms with Gasteiger partial charge in [-0.25, -0.2) is 4.39 Å². The molecule has 6 heteroatoms. The average molecular weight is 292 g/mol. The third-order valence-corrected chi connectivity index (χ3v) is 4.52. The Bertz CT molecular complexity index is 454. The van der Waals surface area contributed by atoms with Crippen molar-refractivity contribution in [2.45, 2.75) is 30.4 Å². The van der Waals surface area contributed by atoms with Crippen molar-refractivity contribution in [3.05, 3.63) is 34.6 Å². The van der Waals surface area contributed by atoms with Gasteiger partial charge in [0.25, 0.3) is 0 Å². The number of hydrogen-bond acceptors (Lipinski definition) is 3. The van der Waals surface area contributed by atoms with Crippen molar-refractivity contribution in [2.75, 3.05) is 0 Å². The lowest BCUT2D eigenvalue weighted by atomic mass is 10.1. The number of aliphatic carboxylic acids is 1.